The van der Waals surface area contributed by atoms with Crippen LogP contribution in [-0.4, -0.2) is 30.6 Å². The summed E-state index contributed by atoms with van der Waals surface area (Å²) in [6.45, 7) is 0.452. The molecule has 0 radical (unpaired) electrons. The van der Waals surface area contributed by atoms with Crippen molar-refractivity contribution in [1.29, 1.82) is 0 Å². The summed E-state index contributed by atoms with van der Waals surface area (Å²) in [7, 11) is 0. The van der Waals surface area contributed by atoms with Crippen molar-refractivity contribution >= 4 is 44.4 Å². The van der Waals surface area contributed by atoms with Crippen LogP contribution in [0.4, 0.5) is 10.1 Å². The molecule has 0 atom stereocenters. The molecule has 3 heterocycles. The summed E-state index contributed by atoms with van der Waals surface area (Å²) in [6.07, 6.45) is 1.68. The third-order valence-corrected chi connectivity index (χ3v) is 6.95. The lowest BCUT2D eigenvalue weighted by Gasteiger charge is -2.14. The van der Waals surface area contributed by atoms with Crippen molar-refractivity contribution < 1.29 is 9.18 Å². The van der Waals surface area contributed by atoms with E-state index in [-0.39, 0.29) is 5.82 Å². The summed E-state index contributed by atoms with van der Waals surface area (Å²) >= 11 is 0. The third-order valence-electron chi connectivity index (χ3n) is 6.95. The Hall–Kier alpha value is -5.44. The molecule has 7 rings (SSSR count). The van der Waals surface area contributed by atoms with Crippen molar-refractivity contribution in [1.82, 2.24) is 24.7 Å². The minimum atomic E-state index is -0.514. The van der Waals surface area contributed by atoms with Crippen molar-refractivity contribution in [2.24, 2.45) is 5.73 Å². The van der Waals surface area contributed by atoms with Gasteiger partial charge < -0.3 is 20.6 Å². The zero-order valence-corrected chi connectivity index (χ0v) is 20.6. The molecular weight excluding hydrogens is 493 g/mol. The van der Waals surface area contributed by atoms with Crippen LogP contribution in [0, 0.1) is 5.82 Å². The van der Waals surface area contributed by atoms with Gasteiger partial charge in [-0.3, -0.25) is 9.89 Å². The number of imidazole rings is 1. The molecular formula is C30H22FN7O. The lowest BCUT2D eigenvalue weighted by atomic mass is 10.1. The topological polar surface area (TPSA) is 117 Å². The standard InChI is InChI=1S/C30H22FN7O/c31-17-8-11-23-25(14-17)36-30(35-23)22-5-3-7-27-28(22)21-4-1-2-6-26(21)38(27)19-9-10-20(29(32)39)24(15-19)33-16-18-12-13-34-37-18/h1-15,33H,16H2,(H2,32,39)(H,34,37)(H,35,36). The maximum absolute atomic E-state index is 13.9. The van der Waals surface area contributed by atoms with E-state index >= 15 is 0 Å². The van der Waals surface area contributed by atoms with Crippen LogP contribution < -0.4 is 11.1 Å². The van der Waals surface area contributed by atoms with Crippen LogP contribution in [0.15, 0.2) is 91.1 Å². The van der Waals surface area contributed by atoms with E-state index in [4.69, 9.17) is 10.7 Å². The van der Waals surface area contributed by atoms with E-state index < -0.39 is 5.91 Å². The van der Waals surface area contributed by atoms with Crippen LogP contribution in [0.2, 0.25) is 0 Å². The number of benzene rings is 4. The highest BCUT2D eigenvalue weighted by atomic mass is 19.1. The number of aromatic amines is 2. The maximum Gasteiger partial charge on any atom is 0.250 e. The van der Waals surface area contributed by atoms with Crippen molar-refractivity contribution in [3.8, 4) is 17.1 Å². The molecule has 7 aromatic rings. The lowest BCUT2D eigenvalue weighted by molar-refractivity contribution is 0.100. The number of nitrogens with one attached hydrogen (secondary N) is 3. The number of amides is 1. The highest BCUT2D eigenvalue weighted by Gasteiger charge is 2.19. The van der Waals surface area contributed by atoms with Gasteiger partial charge in [-0.25, -0.2) is 9.37 Å². The SMILES string of the molecule is NC(=O)c1ccc(-n2c3ccccc3c3c(-c4nc5ccc(F)cc5[nH]4)cccc32)cc1NCc1ccn[nH]1. The number of H-pyrrole nitrogens is 2. The van der Waals surface area contributed by atoms with Gasteiger partial charge in [0, 0.05) is 33.9 Å². The molecule has 0 saturated heterocycles. The Bertz CT molecular complexity index is 2020. The average molecular weight is 516 g/mol. The highest BCUT2D eigenvalue weighted by molar-refractivity contribution is 6.15. The largest absolute Gasteiger partial charge is 0.379 e. The molecule has 0 aliphatic heterocycles. The number of carbonyl (C=O) groups excluding carboxylic acids is 1. The predicted molar refractivity (Wildman–Crippen MR) is 150 cm³/mol. The summed E-state index contributed by atoms with van der Waals surface area (Å²) in [5.41, 5.74) is 12.7. The van der Waals surface area contributed by atoms with Crippen LogP contribution in [-0.2, 0) is 6.54 Å². The predicted octanol–water partition coefficient (Wildman–Crippen LogP) is 5.90. The van der Waals surface area contributed by atoms with Crippen LogP contribution in [0.25, 0.3) is 49.9 Å². The van der Waals surface area contributed by atoms with Gasteiger partial charge in [0.2, 0.25) is 0 Å². The van der Waals surface area contributed by atoms with Gasteiger partial charge in [0.15, 0.2) is 0 Å². The zero-order valence-electron chi connectivity index (χ0n) is 20.6. The van der Waals surface area contributed by atoms with Crippen molar-refractivity contribution in [3.63, 3.8) is 0 Å². The Balaban J connectivity index is 1.43. The number of rotatable bonds is 6. The fourth-order valence-electron chi connectivity index (χ4n) is 5.21. The first-order valence-electron chi connectivity index (χ1n) is 12.4. The van der Waals surface area contributed by atoms with E-state index in [2.05, 4.69) is 43.3 Å². The summed E-state index contributed by atoms with van der Waals surface area (Å²) in [6, 6.07) is 26.2. The van der Waals surface area contributed by atoms with E-state index in [0.717, 1.165) is 38.8 Å². The molecule has 190 valence electrons. The second kappa shape index (κ2) is 8.84. The Morgan fingerprint density at radius 2 is 1.85 bits per heavy atom. The minimum Gasteiger partial charge on any atom is -0.379 e. The molecule has 1 amide bonds. The highest BCUT2D eigenvalue weighted by Crippen LogP contribution is 2.38. The molecule has 0 saturated carbocycles. The summed E-state index contributed by atoms with van der Waals surface area (Å²) < 4.78 is 16.0. The minimum absolute atomic E-state index is 0.316. The van der Waals surface area contributed by atoms with Gasteiger partial charge >= 0.3 is 0 Å². The molecule has 4 aromatic carbocycles. The van der Waals surface area contributed by atoms with Crippen LogP contribution in [0.5, 0.6) is 0 Å². The molecule has 3 aromatic heterocycles. The number of hydrogen-bond acceptors (Lipinski definition) is 4. The maximum atomic E-state index is 13.9. The van der Waals surface area contributed by atoms with Gasteiger partial charge in [-0.1, -0.05) is 30.3 Å². The first-order valence-corrected chi connectivity index (χ1v) is 12.4. The second-order valence-corrected chi connectivity index (χ2v) is 9.33. The van der Waals surface area contributed by atoms with Gasteiger partial charge in [-0.05, 0) is 54.6 Å². The fourth-order valence-corrected chi connectivity index (χ4v) is 5.21. The molecule has 0 fully saturated rings. The van der Waals surface area contributed by atoms with Crippen LogP contribution >= 0.6 is 0 Å². The Kier molecular flexibility index (Phi) is 5.15. The number of hydrogen-bond donors (Lipinski definition) is 4. The molecule has 9 heteroatoms. The van der Waals surface area contributed by atoms with E-state index in [1.165, 1.54) is 12.1 Å². The van der Waals surface area contributed by atoms with Gasteiger partial charge in [0.25, 0.3) is 5.91 Å². The number of aromatic nitrogens is 5. The Labute approximate surface area is 221 Å². The Morgan fingerprint density at radius 1 is 0.974 bits per heavy atom. The summed E-state index contributed by atoms with van der Waals surface area (Å²) in [4.78, 5) is 20.3. The molecule has 0 spiro atoms. The van der Waals surface area contributed by atoms with E-state index in [1.807, 2.05) is 42.5 Å². The van der Waals surface area contributed by atoms with Crippen LogP contribution in [0.3, 0.4) is 0 Å². The number of anilines is 1. The first-order chi connectivity index (χ1) is 19.1. The van der Waals surface area contributed by atoms with E-state index in [9.17, 15) is 9.18 Å². The number of fused-ring (bicyclic) bond motifs is 4. The molecule has 8 nitrogen and oxygen atoms in total. The quantitative estimate of drug-likeness (QED) is 0.221. The van der Waals surface area contributed by atoms with Gasteiger partial charge in [0.05, 0.1) is 39.9 Å². The van der Waals surface area contributed by atoms with E-state index in [1.54, 1.807) is 18.3 Å². The lowest BCUT2D eigenvalue weighted by Crippen LogP contribution is -2.15. The Morgan fingerprint density at radius 3 is 2.69 bits per heavy atom. The summed E-state index contributed by atoms with van der Waals surface area (Å²) in [5, 5.41) is 12.3. The number of primary amides is 1. The molecule has 39 heavy (non-hydrogen) atoms. The van der Waals surface area contributed by atoms with Crippen molar-refractivity contribution in [2.75, 3.05) is 5.32 Å². The van der Waals surface area contributed by atoms with Crippen molar-refractivity contribution in [2.45, 2.75) is 6.54 Å². The number of halogens is 1. The molecule has 5 N–H and O–H groups in total. The monoisotopic (exact) mass is 515 g/mol. The third kappa shape index (κ3) is 3.79. The number of nitrogens with two attached hydrogens (primary N) is 1. The fraction of sp³-hybridized carbons (Fsp3) is 0.0333. The zero-order chi connectivity index (χ0) is 26.5. The first kappa shape index (κ1) is 22.7. The molecule has 0 aliphatic rings. The van der Waals surface area contributed by atoms with Crippen LogP contribution in [0.1, 0.15) is 16.1 Å². The van der Waals surface area contributed by atoms with Gasteiger partial charge in [0.1, 0.15) is 11.6 Å². The average Bonchev–Trinajstić information content (AvgIpc) is 3.68. The van der Waals surface area contributed by atoms with E-state index in [0.29, 0.717) is 34.7 Å². The van der Waals surface area contributed by atoms with Crippen molar-refractivity contribution in [3.05, 3.63) is 108 Å². The van der Waals surface area contributed by atoms with Gasteiger partial charge in [-0.15, -0.1) is 0 Å². The molecule has 0 unspecified atom stereocenters. The molecule has 0 aliphatic carbocycles. The summed E-state index contributed by atoms with van der Waals surface area (Å²) in [5.74, 6) is -0.168. The second-order valence-electron chi connectivity index (χ2n) is 9.33. The van der Waals surface area contributed by atoms with Gasteiger partial charge in [-0.2, -0.15) is 5.10 Å². The normalized spacial score (nSPS) is 11.5. The smallest absolute Gasteiger partial charge is 0.250 e. The number of nitrogens with zero attached hydrogens (tertiary/aromatic N) is 3. The number of para-hydroxylation sites is 1. The number of carbonyl (C=O) groups is 1. The molecule has 0 bridgehead atoms.